The standard InChI is InChI=1S/C10H14F3N3O/c11-10(12,13)5-7-15-8(17-16-7)9(6-14)3-1-2-4-9/h1-6,14H2. The zero-order valence-corrected chi connectivity index (χ0v) is 9.26. The smallest absolute Gasteiger partial charge is 0.339 e. The summed E-state index contributed by atoms with van der Waals surface area (Å²) < 4.78 is 41.4. The van der Waals surface area contributed by atoms with Crippen LogP contribution in [0.1, 0.15) is 37.4 Å². The van der Waals surface area contributed by atoms with Crippen molar-refractivity contribution in [2.45, 2.75) is 43.7 Å². The van der Waals surface area contributed by atoms with Gasteiger partial charge in [-0.3, -0.25) is 0 Å². The van der Waals surface area contributed by atoms with Gasteiger partial charge in [-0.15, -0.1) is 0 Å². The number of nitrogens with two attached hydrogens (primary N) is 1. The lowest BCUT2D eigenvalue weighted by atomic mass is 9.86. The van der Waals surface area contributed by atoms with Gasteiger partial charge in [0, 0.05) is 6.54 Å². The summed E-state index contributed by atoms with van der Waals surface area (Å²) in [5.74, 6) is -0.0519. The molecule has 0 atom stereocenters. The second-order valence-corrected chi connectivity index (χ2v) is 4.50. The van der Waals surface area contributed by atoms with Gasteiger partial charge in [-0.25, -0.2) is 0 Å². The molecule has 0 spiro atoms. The fraction of sp³-hybridized carbons (Fsp3) is 0.800. The molecule has 0 bridgehead atoms. The molecular weight excluding hydrogens is 235 g/mol. The lowest BCUT2D eigenvalue weighted by molar-refractivity contribution is -0.128. The van der Waals surface area contributed by atoms with E-state index in [0.717, 1.165) is 25.7 Å². The van der Waals surface area contributed by atoms with Crippen molar-refractivity contribution in [3.8, 4) is 0 Å². The molecule has 1 saturated carbocycles. The van der Waals surface area contributed by atoms with Crippen molar-refractivity contribution in [3.05, 3.63) is 11.7 Å². The average Bonchev–Trinajstić information content (AvgIpc) is 2.83. The molecule has 1 aromatic rings. The fourth-order valence-corrected chi connectivity index (χ4v) is 2.28. The third-order valence-electron chi connectivity index (χ3n) is 3.23. The lowest BCUT2D eigenvalue weighted by Crippen LogP contribution is -2.32. The normalized spacial score (nSPS) is 19.8. The zero-order valence-electron chi connectivity index (χ0n) is 9.26. The van der Waals surface area contributed by atoms with E-state index in [2.05, 4.69) is 10.1 Å². The van der Waals surface area contributed by atoms with Gasteiger partial charge in [0.2, 0.25) is 5.89 Å². The third-order valence-corrected chi connectivity index (χ3v) is 3.23. The van der Waals surface area contributed by atoms with E-state index < -0.39 is 18.0 Å². The van der Waals surface area contributed by atoms with Crippen LogP contribution in [-0.4, -0.2) is 22.9 Å². The van der Waals surface area contributed by atoms with E-state index in [1.165, 1.54) is 0 Å². The number of hydrogen-bond donors (Lipinski definition) is 1. The highest BCUT2D eigenvalue weighted by atomic mass is 19.4. The molecule has 7 heteroatoms. The van der Waals surface area contributed by atoms with Crippen molar-refractivity contribution in [1.29, 1.82) is 0 Å². The first kappa shape index (κ1) is 12.3. The zero-order chi connectivity index (χ0) is 12.5. The molecule has 0 aromatic carbocycles. The number of rotatable bonds is 3. The summed E-state index contributed by atoms with van der Waals surface area (Å²) in [4.78, 5) is 3.84. The summed E-state index contributed by atoms with van der Waals surface area (Å²) in [5, 5.41) is 3.38. The van der Waals surface area contributed by atoms with E-state index in [0.29, 0.717) is 6.54 Å². The summed E-state index contributed by atoms with van der Waals surface area (Å²) in [5.41, 5.74) is 5.28. The second-order valence-electron chi connectivity index (χ2n) is 4.50. The highest BCUT2D eigenvalue weighted by Gasteiger charge is 2.40. The van der Waals surface area contributed by atoms with Crippen LogP contribution in [0.5, 0.6) is 0 Å². The minimum Gasteiger partial charge on any atom is -0.339 e. The maximum absolute atomic E-state index is 12.2. The van der Waals surface area contributed by atoms with E-state index in [1.807, 2.05) is 0 Å². The molecule has 0 saturated heterocycles. The van der Waals surface area contributed by atoms with Gasteiger partial charge < -0.3 is 10.3 Å². The minimum absolute atomic E-state index is 0.261. The first-order chi connectivity index (χ1) is 7.95. The minimum atomic E-state index is -4.31. The monoisotopic (exact) mass is 249 g/mol. The van der Waals surface area contributed by atoms with E-state index in [9.17, 15) is 13.2 Å². The topological polar surface area (TPSA) is 64.9 Å². The summed E-state index contributed by atoms with van der Waals surface area (Å²) in [6.45, 7) is 0.334. The maximum atomic E-state index is 12.2. The van der Waals surface area contributed by atoms with E-state index in [1.54, 1.807) is 0 Å². The Morgan fingerprint density at radius 1 is 1.29 bits per heavy atom. The van der Waals surface area contributed by atoms with Crippen LogP contribution in [-0.2, 0) is 11.8 Å². The molecule has 1 fully saturated rings. The number of alkyl halides is 3. The Bertz CT molecular complexity index is 382. The molecule has 2 N–H and O–H groups in total. The molecule has 1 aliphatic carbocycles. The van der Waals surface area contributed by atoms with Crippen molar-refractivity contribution in [2.24, 2.45) is 5.73 Å². The SMILES string of the molecule is NCC1(c2nc(CC(F)(F)F)no2)CCCC1. The molecule has 2 rings (SSSR count). The molecular formula is C10H14F3N3O. The van der Waals surface area contributed by atoms with Crippen LogP contribution >= 0.6 is 0 Å². The van der Waals surface area contributed by atoms with Gasteiger partial charge in [-0.05, 0) is 12.8 Å². The van der Waals surface area contributed by atoms with Crippen LogP contribution in [0.15, 0.2) is 4.52 Å². The molecule has 0 radical (unpaired) electrons. The Labute approximate surface area is 96.4 Å². The van der Waals surface area contributed by atoms with Gasteiger partial charge >= 0.3 is 6.18 Å². The molecule has 1 aromatic heterocycles. The van der Waals surface area contributed by atoms with Crippen molar-refractivity contribution in [2.75, 3.05) is 6.54 Å². The Hall–Kier alpha value is -1.11. The highest BCUT2D eigenvalue weighted by Crippen LogP contribution is 2.39. The fourth-order valence-electron chi connectivity index (χ4n) is 2.28. The number of nitrogens with zero attached hydrogens (tertiary/aromatic N) is 2. The summed E-state index contributed by atoms with van der Waals surface area (Å²) >= 11 is 0. The van der Waals surface area contributed by atoms with Crippen molar-refractivity contribution < 1.29 is 17.7 Å². The van der Waals surface area contributed by atoms with Crippen LogP contribution in [0.2, 0.25) is 0 Å². The van der Waals surface area contributed by atoms with Crippen LogP contribution in [0, 0.1) is 0 Å². The Morgan fingerprint density at radius 3 is 2.47 bits per heavy atom. The van der Waals surface area contributed by atoms with Gasteiger partial charge in [0.15, 0.2) is 5.82 Å². The molecule has 17 heavy (non-hydrogen) atoms. The van der Waals surface area contributed by atoms with Crippen LogP contribution < -0.4 is 5.73 Å². The third kappa shape index (κ3) is 2.59. The number of aromatic nitrogens is 2. The lowest BCUT2D eigenvalue weighted by Gasteiger charge is -2.21. The highest BCUT2D eigenvalue weighted by molar-refractivity contribution is 5.09. The van der Waals surface area contributed by atoms with Gasteiger partial charge in [-0.2, -0.15) is 18.2 Å². The van der Waals surface area contributed by atoms with E-state index in [-0.39, 0.29) is 11.7 Å². The molecule has 0 aliphatic heterocycles. The molecule has 0 amide bonds. The van der Waals surface area contributed by atoms with Crippen LogP contribution in [0.25, 0.3) is 0 Å². The Kier molecular flexibility index (Phi) is 3.11. The molecule has 1 aliphatic rings. The summed E-state index contributed by atoms with van der Waals surface area (Å²) in [6.07, 6.45) is -1.87. The van der Waals surface area contributed by atoms with E-state index >= 15 is 0 Å². The average molecular weight is 249 g/mol. The number of hydrogen-bond acceptors (Lipinski definition) is 4. The number of halogens is 3. The Morgan fingerprint density at radius 2 is 1.94 bits per heavy atom. The van der Waals surface area contributed by atoms with Gasteiger partial charge in [0.1, 0.15) is 6.42 Å². The molecule has 96 valence electrons. The summed E-state index contributed by atoms with van der Waals surface area (Å²) in [7, 11) is 0. The van der Waals surface area contributed by atoms with Crippen LogP contribution in [0.3, 0.4) is 0 Å². The largest absolute Gasteiger partial charge is 0.396 e. The molecule has 4 nitrogen and oxygen atoms in total. The van der Waals surface area contributed by atoms with Crippen molar-refractivity contribution in [3.63, 3.8) is 0 Å². The van der Waals surface area contributed by atoms with Gasteiger partial charge in [0.25, 0.3) is 0 Å². The van der Waals surface area contributed by atoms with Gasteiger partial charge in [0.05, 0.1) is 5.41 Å². The quantitative estimate of drug-likeness (QED) is 0.889. The van der Waals surface area contributed by atoms with E-state index in [4.69, 9.17) is 10.3 Å². The Balaban J connectivity index is 2.17. The predicted molar refractivity (Wildman–Crippen MR) is 53.3 cm³/mol. The maximum Gasteiger partial charge on any atom is 0.396 e. The van der Waals surface area contributed by atoms with Gasteiger partial charge in [-0.1, -0.05) is 18.0 Å². The van der Waals surface area contributed by atoms with Crippen molar-refractivity contribution in [1.82, 2.24) is 10.1 Å². The first-order valence-corrected chi connectivity index (χ1v) is 5.55. The van der Waals surface area contributed by atoms with Crippen molar-refractivity contribution >= 4 is 0 Å². The first-order valence-electron chi connectivity index (χ1n) is 5.55. The van der Waals surface area contributed by atoms with Crippen LogP contribution in [0.4, 0.5) is 13.2 Å². The molecule has 1 heterocycles. The predicted octanol–water partition coefficient (Wildman–Crippen LogP) is 1.94. The second kappa shape index (κ2) is 4.29. The summed E-state index contributed by atoms with van der Waals surface area (Å²) in [6, 6.07) is 0. The molecule has 0 unspecified atom stereocenters.